The molecular formula is C21H27NO2. The lowest BCUT2D eigenvalue weighted by molar-refractivity contribution is 0.320. The summed E-state index contributed by atoms with van der Waals surface area (Å²) in [5, 5.41) is 0.801. The van der Waals surface area contributed by atoms with Gasteiger partial charge in [-0.25, -0.2) is 0 Å². The third kappa shape index (κ3) is 3.18. The highest BCUT2D eigenvalue weighted by atomic mass is 16.6. The van der Waals surface area contributed by atoms with Crippen molar-refractivity contribution in [1.29, 1.82) is 0 Å². The first-order valence-electron chi connectivity index (χ1n) is 8.72. The molecule has 3 nitrogen and oxygen atoms in total. The van der Waals surface area contributed by atoms with Crippen molar-refractivity contribution in [3.05, 3.63) is 57.4 Å². The Morgan fingerprint density at radius 3 is 2.67 bits per heavy atom. The van der Waals surface area contributed by atoms with Crippen molar-refractivity contribution in [1.82, 2.24) is 4.57 Å². The highest BCUT2D eigenvalue weighted by Gasteiger charge is 2.46. The number of aryl methyl sites for hydroxylation is 1. The van der Waals surface area contributed by atoms with Crippen LogP contribution in [0.2, 0.25) is 0 Å². The lowest BCUT2D eigenvalue weighted by Gasteiger charge is -2.14. The van der Waals surface area contributed by atoms with Crippen molar-refractivity contribution in [2.45, 2.75) is 58.7 Å². The van der Waals surface area contributed by atoms with Crippen molar-refractivity contribution >= 4 is 10.9 Å². The van der Waals surface area contributed by atoms with E-state index in [-0.39, 0.29) is 11.0 Å². The van der Waals surface area contributed by atoms with E-state index in [0.29, 0.717) is 6.10 Å². The first-order valence-corrected chi connectivity index (χ1v) is 8.72. The topological polar surface area (TPSA) is 34.5 Å². The zero-order valence-corrected chi connectivity index (χ0v) is 15.3. The highest BCUT2D eigenvalue weighted by molar-refractivity contribution is 5.80. The summed E-state index contributed by atoms with van der Waals surface area (Å²) in [4.78, 5) is 12.6. The summed E-state index contributed by atoms with van der Waals surface area (Å²) >= 11 is 0. The van der Waals surface area contributed by atoms with Gasteiger partial charge >= 0.3 is 0 Å². The number of hydrogen-bond donors (Lipinski definition) is 0. The normalized spacial score (nSPS) is 19.7. The van der Waals surface area contributed by atoms with Gasteiger partial charge in [0, 0.05) is 30.1 Å². The van der Waals surface area contributed by atoms with Gasteiger partial charge in [-0.1, -0.05) is 23.8 Å². The molecular weight excluding hydrogens is 298 g/mol. The van der Waals surface area contributed by atoms with Gasteiger partial charge in [0.05, 0.1) is 17.2 Å². The van der Waals surface area contributed by atoms with E-state index < -0.39 is 0 Å². The first-order chi connectivity index (χ1) is 11.3. The average Bonchev–Trinajstić information content (AvgIpc) is 3.18. The Balaban J connectivity index is 1.80. The van der Waals surface area contributed by atoms with Crippen LogP contribution in [0.5, 0.6) is 0 Å². The van der Waals surface area contributed by atoms with Crippen LogP contribution < -0.4 is 5.43 Å². The van der Waals surface area contributed by atoms with E-state index in [1.807, 2.05) is 38.2 Å². The van der Waals surface area contributed by atoms with Crippen molar-refractivity contribution in [3.8, 4) is 0 Å². The van der Waals surface area contributed by atoms with E-state index >= 15 is 0 Å². The van der Waals surface area contributed by atoms with Crippen LogP contribution in [0.25, 0.3) is 10.9 Å². The molecule has 1 aromatic heterocycles. The Labute approximate surface area is 144 Å². The summed E-state index contributed by atoms with van der Waals surface area (Å²) in [6.07, 6.45) is 5.57. The monoisotopic (exact) mass is 325 g/mol. The minimum Gasteiger partial charge on any atom is -0.367 e. The molecule has 1 atom stereocenters. The number of nitrogens with zero attached hydrogens (tertiary/aromatic N) is 1. The number of rotatable bonds is 5. The molecule has 3 heteroatoms. The van der Waals surface area contributed by atoms with Crippen LogP contribution in [-0.4, -0.2) is 16.3 Å². The molecule has 1 saturated heterocycles. The summed E-state index contributed by atoms with van der Waals surface area (Å²) in [5.41, 5.74) is 4.54. The molecule has 128 valence electrons. The van der Waals surface area contributed by atoms with E-state index in [1.54, 1.807) is 0 Å². The summed E-state index contributed by atoms with van der Waals surface area (Å²) in [7, 11) is 2.05. The standard InChI is InChI=1S/C21H27NO2/c1-14(11-13-19-21(3,4)24-19)10-12-17-15(2)20(23)16-8-6-7-9-18(16)22(17)5/h6-10,19H,11-13H2,1-5H3/t19-/m1/s1. The second-order valence-electron chi connectivity index (χ2n) is 7.48. The quantitative estimate of drug-likeness (QED) is 0.607. The van der Waals surface area contributed by atoms with Gasteiger partial charge in [-0.15, -0.1) is 0 Å². The van der Waals surface area contributed by atoms with Crippen LogP contribution in [0, 0.1) is 6.92 Å². The summed E-state index contributed by atoms with van der Waals surface area (Å²) in [5.74, 6) is 0. The molecule has 0 spiro atoms. The van der Waals surface area contributed by atoms with Crippen molar-refractivity contribution in [2.75, 3.05) is 0 Å². The first kappa shape index (κ1) is 17.0. The van der Waals surface area contributed by atoms with Gasteiger partial charge in [0.2, 0.25) is 0 Å². The Bertz CT molecular complexity index is 858. The smallest absolute Gasteiger partial charge is 0.192 e. The lowest BCUT2D eigenvalue weighted by atomic mass is 10.0. The SMILES string of the molecule is CC(=CCc1c(C)c(=O)c2ccccc2n1C)CC[C@H]1OC1(C)C. The van der Waals surface area contributed by atoms with E-state index in [1.165, 1.54) is 5.57 Å². The largest absolute Gasteiger partial charge is 0.367 e. The summed E-state index contributed by atoms with van der Waals surface area (Å²) < 4.78 is 7.80. The Kier molecular flexibility index (Phi) is 4.39. The van der Waals surface area contributed by atoms with Crippen LogP contribution in [-0.2, 0) is 18.2 Å². The molecule has 3 rings (SSSR count). The minimum absolute atomic E-state index is 0.0686. The van der Waals surface area contributed by atoms with Crippen molar-refractivity contribution < 1.29 is 4.74 Å². The number of hydrogen-bond acceptors (Lipinski definition) is 2. The van der Waals surface area contributed by atoms with Crippen LogP contribution in [0.4, 0.5) is 0 Å². The van der Waals surface area contributed by atoms with Gasteiger partial charge in [0.1, 0.15) is 0 Å². The number of para-hydroxylation sites is 1. The van der Waals surface area contributed by atoms with Gasteiger partial charge in [-0.2, -0.15) is 0 Å². The molecule has 1 fully saturated rings. The van der Waals surface area contributed by atoms with E-state index in [4.69, 9.17) is 4.74 Å². The fraction of sp³-hybridized carbons (Fsp3) is 0.476. The van der Waals surface area contributed by atoms with Gasteiger partial charge in [0.25, 0.3) is 0 Å². The molecule has 1 aliphatic rings. The molecule has 0 radical (unpaired) electrons. The molecule has 0 saturated carbocycles. The molecule has 2 heterocycles. The van der Waals surface area contributed by atoms with Crippen molar-refractivity contribution in [3.63, 3.8) is 0 Å². The summed E-state index contributed by atoms with van der Waals surface area (Å²) in [6, 6.07) is 7.84. The molecule has 1 aromatic carbocycles. The number of benzene rings is 1. The maximum Gasteiger partial charge on any atom is 0.192 e. The molecule has 0 N–H and O–H groups in total. The van der Waals surface area contributed by atoms with E-state index in [9.17, 15) is 4.79 Å². The van der Waals surface area contributed by atoms with Crippen LogP contribution in [0.3, 0.4) is 0 Å². The molecule has 2 aromatic rings. The lowest BCUT2D eigenvalue weighted by Crippen LogP contribution is -2.16. The predicted octanol–water partition coefficient (Wildman–Crippen LogP) is 4.29. The average molecular weight is 325 g/mol. The molecule has 1 aliphatic heterocycles. The van der Waals surface area contributed by atoms with Crippen LogP contribution in [0.15, 0.2) is 40.7 Å². The molecule has 0 bridgehead atoms. The third-order valence-corrected chi connectivity index (χ3v) is 5.30. The zero-order valence-electron chi connectivity index (χ0n) is 15.3. The number of ether oxygens (including phenoxy) is 1. The van der Waals surface area contributed by atoms with Crippen LogP contribution >= 0.6 is 0 Å². The third-order valence-electron chi connectivity index (χ3n) is 5.30. The number of allylic oxidation sites excluding steroid dienone is 2. The Hall–Kier alpha value is -1.87. The Morgan fingerprint density at radius 1 is 1.33 bits per heavy atom. The number of fused-ring (bicyclic) bond motifs is 1. The molecule has 0 amide bonds. The number of epoxide rings is 1. The number of aromatic nitrogens is 1. The highest BCUT2D eigenvalue weighted by Crippen LogP contribution is 2.38. The fourth-order valence-corrected chi connectivity index (χ4v) is 3.45. The van der Waals surface area contributed by atoms with Gasteiger partial charge in [0.15, 0.2) is 5.43 Å². The Morgan fingerprint density at radius 2 is 2.00 bits per heavy atom. The second-order valence-corrected chi connectivity index (χ2v) is 7.48. The predicted molar refractivity (Wildman–Crippen MR) is 99.6 cm³/mol. The van der Waals surface area contributed by atoms with Crippen molar-refractivity contribution in [2.24, 2.45) is 7.05 Å². The molecule has 0 aliphatic carbocycles. The second kappa shape index (κ2) is 6.21. The number of pyridine rings is 1. The van der Waals surface area contributed by atoms with Crippen LogP contribution in [0.1, 0.15) is 44.9 Å². The van der Waals surface area contributed by atoms with E-state index in [2.05, 4.69) is 31.4 Å². The molecule has 0 unspecified atom stereocenters. The van der Waals surface area contributed by atoms with Gasteiger partial charge in [-0.3, -0.25) is 4.79 Å². The van der Waals surface area contributed by atoms with E-state index in [0.717, 1.165) is 41.4 Å². The van der Waals surface area contributed by atoms with Gasteiger partial charge < -0.3 is 9.30 Å². The molecule has 24 heavy (non-hydrogen) atoms. The summed E-state index contributed by atoms with van der Waals surface area (Å²) in [6.45, 7) is 8.40. The fourth-order valence-electron chi connectivity index (χ4n) is 3.45. The maximum atomic E-state index is 12.6. The zero-order chi connectivity index (χ0) is 17.5. The minimum atomic E-state index is 0.0686. The maximum absolute atomic E-state index is 12.6. The van der Waals surface area contributed by atoms with Gasteiger partial charge in [-0.05, 0) is 52.7 Å².